The zero-order chi connectivity index (χ0) is 66.3. The fraction of sp³-hybridized carbons (Fsp3) is 0.696. The van der Waals surface area contributed by atoms with E-state index < -0.39 is 163 Å². The number of carbonyl (C=O) groups is 11. The van der Waals surface area contributed by atoms with Crippen LogP contribution in [0.15, 0.2) is 30.3 Å². The highest BCUT2D eigenvalue weighted by Gasteiger charge is 2.37. The molecule has 0 aromatic heterocycles. The molecule has 0 aliphatic carbocycles. The lowest BCUT2D eigenvalue weighted by Crippen LogP contribution is -2.62. The maximum absolute atomic E-state index is 14.6. The van der Waals surface area contributed by atoms with Crippen molar-refractivity contribution in [2.75, 3.05) is 39.3 Å². The topological polar surface area (TPSA) is 491 Å². The predicted molar refractivity (Wildman–Crippen MR) is 316 cm³/mol. The van der Waals surface area contributed by atoms with Gasteiger partial charge in [-0.15, -0.1) is 0 Å². The number of hydrogen-bond acceptors (Lipinski definition) is 18. The quantitative estimate of drug-likeness (QED) is 0.0333. The molecular weight excluding hydrogens is 1100 g/mol. The third-order valence-electron chi connectivity index (χ3n) is 13.9. The molecule has 11 amide bonds. The molecule has 0 bridgehead atoms. The number of aliphatic hydroxyl groups is 2. The van der Waals surface area contributed by atoms with E-state index in [4.69, 9.17) is 32.8 Å². The molecule has 29 nitrogen and oxygen atoms in total. The Hall–Kier alpha value is -6.89. The van der Waals surface area contributed by atoms with Crippen LogP contribution in [0.5, 0.6) is 0 Å². The molecule has 29 heteroatoms. The number of hydrogen-bond donors (Lipinski definition) is 18. The Morgan fingerprint density at radius 3 is 1.61 bits per heavy atom. The predicted octanol–water partition coefficient (Wildman–Crippen LogP) is -5.24. The SMILES string of the molecule is [2H]C([2H])([2H])[C@@H](CC)CCCCC(=O)N[C@@H](CCN)C(=O)N[C@H](C(=O)N[C@@H](CCN)C(=O)N[C@H]1CCNC(=O)[C@H]([C@@H](C)O)NC(=O)[C@H](CCN)NC(=O)[C@H](CCN)NC(=O)[C@H](CC(C)C)NC(=O)[C@@H](Cc2ccccc2)NC(=O)[C@H](CCN)NC1=O)[C@@H](C)O. The van der Waals surface area contributed by atoms with Crippen LogP contribution in [-0.4, -0.2) is 187 Å². The summed E-state index contributed by atoms with van der Waals surface area (Å²) in [6, 6.07) is -6.60. The van der Waals surface area contributed by atoms with Gasteiger partial charge < -0.3 is 97.4 Å². The normalized spacial score (nSPS) is 23.6. The molecule has 0 radical (unpaired) electrons. The number of rotatable bonds is 29. The number of nitrogens with one attached hydrogen (secondary N) is 11. The summed E-state index contributed by atoms with van der Waals surface area (Å²) in [6.45, 7) is 4.21. The average Bonchev–Trinajstić information content (AvgIpc) is 3.67. The Balaban J connectivity index is 2.65. The third kappa shape index (κ3) is 26.9. The van der Waals surface area contributed by atoms with Gasteiger partial charge in [0.2, 0.25) is 65.0 Å². The summed E-state index contributed by atoms with van der Waals surface area (Å²) < 4.78 is 23.1. The van der Waals surface area contributed by atoms with Crippen molar-refractivity contribution in [2.45, 2.75) is 198 Å². The van der Waals surface area contributed by atoms with Crippen LogP contribution in [0.3, 0.4) is 0 Å². The van der Waals surface area contributed by atoms with Crippen molar-refractivity contribution in [1.82, 2.24) is 58.5 Å². The van der Waals surface area contributed by atoms with Crippen LogP contribution < -0.4 is 87.2 Å². The molecule has 480 valence electrons. The van der Waals surface area contributed by atoms with Crippen LogP contribution in [0.1, 0.15) is 128 Å². The highest BCUT2D eigenvalue weighted by molar-refractivity contribution is 5.99. The van der Waals surface area contributed by atoms with Crippen molar-refractivity contribution in [3.05, 3.63) is 35.9 Å². The highest BCUT2D eigenvalue weighted by Crippen LogP contribution is 2.14. The van der Waals surface area contributed by atoms with Crippen LogP contribution in [0, 0.1) is 11.8 Å². The van der Waals surface area contributed by atoms with E-state index in [1.807, 2.05) is 0 Å². The van der Waals surface area contributed by atoms with E-state index in [0.29, 0.717) is 31.2 Å². The molecular formula is C56H98N16O13. The first kappa shape index (κ1) is 68.9. The lowest BCUT2D eigenvalue weighted by Gasteiger charge is -2.29. The van der Waals surface area contributed by atoms with E-state index in [-0.39, 0.29) is 90.0 Å². The Kier molecular flexibility index (Phi) is 32.2. The van der Waals surface area contributed by atoms with Gasteiger partial charge in [0, 0.05) is 23.5 Å². The second-order valence-electron chi connectivity index (χ2n) is 21.6. The second-order valence-corrected chi connectivity index (χ2v) is 21.6. The van der Waals surface area contributed by atoms with E-state index in [0.717, 1.165) is 0 Å². The Morgan fingerprint density at radius 1 is 0.600 bits per heavy atom. The summed E-state index contributed by atoms with van der Waals surface area (Å²) in [5, 5.41) is 49.4. The lowest BCUT2D eigenvalue weighted by atomic mass is 10.00. The van der Waals surface area contributed by atoms with Crippen molar-refractivity contribution in [1.29, 1.82) is 0 Å². The summed E-state index contributed by atoms with van der Waals surface area (Å²) in [6.07, 6.45) is -3.30. The van der Waals surface area contributed by atoms with E-state index in [1.165, 1.54) is 13.8 Å². The summed E-state index contributed by atoms with van der Waals surface area (Å²) in [4.78, 5) is 154. The second kappa shape index (κ2) is 39.7. The molecule has 0 unspecified atom stereocenters. The first-order chi connectivity index (χ1) is 41.5. The maximum Gasteiger partial charge on any atom is 0.245 e. The van der Waals surface area contributed by atoms with Gasteiger partial charge in [-0.1, -0.05) is 77.2 Å². The molecule has 13 atom stereocenters. The first-order valence-electron chi connectivity index (χ1n) is 30.8. The number of amides is 11. The van der Waals surface area contributed by atoms with E-state index in [1.54, 1.807) is 51.1 Å². The van der Waals surface area contributed by atoms with E-state index >= 15 is 0 Å². The van der Waals surface area contributed by atoms with Gasteiger partial charge in [-0.2, -0.15) is 0 Å². The molecule has 85 heavy (non-hydrogen) atoms. The number of nitrogens with two attached hydrogens (primary N) is 5. The van der Waals surface area contributed by atoms with Gasteiger partial charge in [0.25, 0.3) is 0 Å². The lowest BCUT2D eigenvalue weighted by molar-refractivity contribution is -0.137. The average molecular weight is 1210 g/mol. The third-order valence-corrected chi connectivity index (χ3v) is 13.9. The van der Waals surface area contributed by atoms with E-state index in [9.17, 15) is 63.0 Å². The zero-order valence-corrected chi connectivity index (χ0v) is 49.7. The van der Waals surface area contributed by atoms with Crippen LogP contribution in [-0.2, 0) is 59.2 Å². The van der Waals surface area contributed by atoms with Crippen LogP contribution in [0.2, 0.25) is 0 Å². The smallest absolute Gasteiger partial charge is 0.245 e. The minimum atomic E-state index is -2.15. The largest absolute Gasteiger partial charge is 0.391 e. The Labute approximate surface area is 502 Å². The molecule has 1 saturated heterocycles. The Bertz CT molecular complexity index is 2430. The fourth-order valence-electron chi connectivity index (χ4n) is 9.02. The van der Waals surface area contributed by atoms with Crippen molar-refractivity contribution in [3.8, 4) is 0 Å². The summed E-state index contributed by atoms with van der Waals surface area (Å²) in [5.41, 5.74) is 29.9. The summed E-state index contributed by atoms with van der Waals surface area (Å²) in [7, 11) is 0. The molecule has 1 aliphatic heterocycles. The van der Waals surface area contributed by atoms with Gasteiger partial charge in [0.1, 0.15) is 60.4 Å². The standard InChI is InChI=1S/C56H98N16O13/c1-7-32(4)13-11-12-16-44(75)63-36(17-23-57)51(80)72-46(34(6)74)56(85)68-39(20-26-60)48(77)67-41-22-28-62-55(84)45(33(5)73)71-52(81)40(21-27-61)65-47(76)37(18-24-58)66-53(82)42(29-31(2)3)69-54(83)43(30-35-14-9-8-10-15-35)70-49(78)38(19-25-59)64-50(41)79/h8-10,14-15,31-34,36-43,45-46,73-74H,7,11-13,16-30,57-61H2,1-6H3,(H,62,84)(H,63,75)(H,64,79)(H,65,76)(H,66,82)(H,67,77)(H,68,85)(H,69,83)(H,70,78)(H,71,81)(H,72,80)/t32-,33+,34+,36-,37-,38-,39-,40-,41-,42-,43+,45-,46-/m0/s1/i4D3. The minimum Gasteiger partial charge on any atom is -0.391 e. The van der Waals surface area contributed by atoms with Crippen molar-refractivity contribution in [2.24, 2.45) is 40.5 Å². The van der Waals surface area contributed by atoms with Gasteiger partial charge >= 0.3 is 0 Å². The molecule has 2 rings (SSSR count). The molecule has 0 spiro atoms. The monoisotopic (exact) mass is 1210 g/mol. The summed E-state index contributed by atoms with van der Waals surface area (Å²) >= 11 is 0. The number of carbonyl (C=O) groups excluding carboxylic acids is 11. The van der Waals surface area contributed by atoms with Crippen LogP contribution in [0.4, 0.5) is 0 Å². The van der Waals surface area contributed by atoms with Crippen molar-refractivity contribution in [3.63, 3.8) is 0 Å². The van der Waals surface area contributed by atoms with E-state index in [2.05, 4.69) is 58.5 Å². The molecule has 23 N–H and O–H groups in total. The highest BCUT2D eigenvalue weighted by atomic mass is 16.3. The molecule has 1 aliphatic rings. The minimum absolute atomic E-state index is 0.0337. The molecule has 0 saturated carbocycles. The van der Waals surface area contributed by atoms with Crippen LogP contribution in [0.25, 0.3) is 0 Å². The van der Waals surface area contributed by atoms with Gasteiger partial charge in [0.15, 0.2) is 0 Å². The first-order valence-corrected chi connectivity index (χ1v) is 29.3. The number of aliphatic hydroxyl groups excluding tert-OH is 2. The molecule has 1 fully saturated rings. The van der Waals surface area contributed by atoms with Gasteiger partial charge in [-0.05, 0) is 115 Å². The summed E-state index contributed by atoms with van der Waals surface area (Å²) in [5.74, 6) is -10.9. The number of unbranched alkanes of at least 4 members (excludes halogenated alkanes) is 1. The molecule has 1 heterocycles. The van der Waals surface area contributed by atoms with Gasteiger partial charge in [-0.25, -0.2) is 0 Å². The molecule has 1 aromatic rings. The zero-order valence-electron chi connectivity index (χ0n) is 52.7. The van der Waals surface area contributed by atoms with Gasteiger partial charge in [0.05, 0.1) is 12.2 Å². The fourth-order valence-corrected chi connectivity index (χ4v) is 9.02. The van der Waals surface area contributed by atoms with Crippen molar-refractivity contribution < 1.29 is 67.1 Å². The van der Waals surface area contributed by atoms with Crippen LogP contribution >= 0.6 is 0 Å². The maximum atomic E-state index is 14.6. The van der Waals surface area contributed by atoms with Gasteiger partial charge in [-0.3, -0.25) is 52.7 Å². The van der Waals surface area contributed by atoms with Crippen molar-refractivity contribution >= 4 is 65.0 Å². The number of benzene rings is 1. The molecule has 1 aromatic carbocycles. The Morgan fingerprint density at radius 2 is 1.11 bits per heavy atom.